The summed E-state index contributed by atoms with van der Waals surface area (Å²) < 4.78 is 5.29. The summed E-state index contributed by atoms with van der Waals surface area (Å²) in [5.74, 6) is 0.890. The van der Waals surface area contributed by atoms with Crippen molar-refractivity contribution in [2.75, 3.05) is 45.2 Å². The molecule has 0 spiro atoms. The van der Waals surface area contributed by atoms with E-state index in [2.05, 4.69) is 27.2 Å². The molecule has 0 aliphatic carbocycles. The molecule has 1 fully saturated rings. The summed E-state index contributed by atoms with van der Waals surface area (Å²) in [7, 11) is 1.69. The van der Waals surface area contributed by atoms with Crippen molar-refractivity contribution in [1.82, 2.24) is 9.80 Å². The van der Waals surface area contributed by atoms with Crippen molar-refractivity contribution < 1.29 is 9.53 Å². The third kappa shape index (κ3) is 5.45. The van der Waals surface area contributed by atoms with Gasteiger partial charge in [0.15, 0.2) is 0 Å². The highest BCUT2D eigenvalue weighted by Gasteiger charge is 2.19. The number of amides is 1. The Morgan fingerprint density at radius 1 is 1.11 bits per heavy atom. The van der Waals surface area contributed by atoms with Gasteiger partial charge in [0, 0.05) is 43.4 Å². The number of hydrogen-bond acceptors (Lipinski definition) is 4. The Labute approximate surface area is 165 Å². The second-order valence-corrected chi connectivity index (χ2v) is 7.27. The van der Waals surface area contributed by atoms with E-state index in [0.29, 0.717) is 11.6 Å². The van der Waals surface area contributed by atoms with Crippen LogP contribution in [0.25, 0.3) is 0 Å². The number of rotatable bonds is 6. The Morgan fingerprint density at radius 3 is 2.56 bits per heavy atom. The van der Waals surface area contributed by atoms with Crippen molar-refractivity contribution in [1.29, 1.82) is 0 Å². The molecule has 144 valence electrons. The van der Waals surface area contributed by atoms with Crippen LogP contribution in [-0.4, -0.2) is 55.5 Å². The second kappa shape index (κ2) is 9.22. The van der Waals surface area contributed by atoms with Crippen LogP contribution in [0.1, 0.15) is 11.1 Å². The molecule has 6 heteroatoms. The number of methoxy groups -OCH3 is 1. The van der Waals surface area contributed by atoms with Gasteiger partial charge in [-0.2, -0.15) is 0 Å². The highest BCUT2D eigenvalue weighted by Crippen LogP contribution is 2.23. The van der Waals surface area contributed by atoms with E-state index in [9.17, 15) is 4.79 Å². The van der Waals surface area contributed by atoms with Crippen molar-refractivity contribution in [3.8, 4) is 5.75 Å². The van der Waals surface area contributed by atoms with Crippen molar-refractivity contribution in [3.05, 3.63) is 58.6 Å². The third-order valence-corrected chi connectivity index (χ3v) is 5.32. The summed E-state index contributed by atoms with van der Waals surface area (Å²) in [6.45, 7) is 6.87. The average molecular weight is 388 g/mol. The van der Waals surface area contributed by atoms with Gasteiger partial charge in [0.25, 0.3) is 0 Å². The fourth-order valence-corrected chi connectivity index (χ4v) is 3.44. The molecule has 1 aliphatic rings. The molecule has 2 aromatic rings. The van der Waals surface area contributed by atoms with Crippen LogP contribution in [0.5, 0.6) is 5.75 Å². The largest absolute Gasteiger partial charge is 0.497 e. The number of nitrogens with zero attached hydrogens (tertiary/aromatic N) is 2. The lowest BCUT2D eigenvalue weighted by Crippen LogP contribution is -2.48. The molecule has 0 saturated carbocycles. The van der Waals surface area contributed by atoms with Crippen LogP contribution in [0.3, 0.4) is 0 Å². The Kier molecular flexibility index (Phi) is 6.72. The molecule has 0 aromatic heterocycles. The fourth-order valence-electron chi connectivity index (χ4n) is 3.27. The number of ether oxygens (including phenoxy) is 1. The zero-order chi connectivity index (χ0) is 19.2. The minimum atomic E-state index is 0.00149. The molecule has 0 atom stereocenters. The van der Waals surface area contributed by atoms with Crippen LogP contribution >= 0.6 is 11.6 Å². The highest BCUT2D eigenvalue weighted by atomic mass is 35.5. The number of anilines is 1. The molecule has 1 aliphatic heterocycles. The number of hydrogen-bond donors (Lipinski definition) is 1. The molecule has 5 nitrogen and oxygen atoms in total. The van der Waals surface area contributed by atoms with Gasteiger partial charge in [-0.05, 0) is 42.3 Å². The van der Waals surface area contributed by atoms with Crippen LogP contribution in [0.15, 0.2) is 42.5 Å². The zero-order valence-corrected chi connectivity index (χ0v) is 16.6. The molecule has 1 heterocycles. The van der Waals surface area contributed by atoms with E-state index < -0.39 is 0 Å². The lowest BCUT2D eigenvalue weighted by molar-refractivity contribution is -0.117. The minimum Gasteiger partial charge on any atom is -0.497 e. The van der Waals surface area contributed by atoms with Gasteiger partial charge in [-0.3, -0.25) is 14.6 Å². The van der Waals surface area contributed by atoms with Crippen LogP contribution in [0.4, 0.5) is 5.69 Å². The number of piperazine rings is 1. The normalized spacial score (nSPS) is 15.5. The molecule has 1 N–H and O–H groups in total. The predicted molar refractivity (Wildman–Crippen MR) is 110 cm³/mol. The maximum atomic E-state index is 12.4. The van der Waals surface area contributed by atoms with Gasteiger partial charge in [-0.1, -0.05) is 29.8 Å². The SMILES string of the molecule is COc1cccc(CN2CCN(CC(=O)Nc3cccc(Cl)c3C)CC2)c1. The zero-order valence-electron chi connectivity index (χ0n) is 15.9. The lowest BCUT2D eigenvalue weighted by Gasteiger charge is -2.34. The molecular formula is C21H26ClN3O2. The number of carbonyl (C=O) groups is 1. The molecule has 0 unspecified atom stereocenters. The topological polar surface area (TPSA) is 44.8 Å². The smallest absolute Gasteiger partial charge is 0.238 e. The summed E-state index contributed by atoms with van der Waals surface area (Å²) in [5, 5.41) is 3.64. The summed E-state index contributed by atoms with van der Waals surface area (Å²) in [5.41, 5.74) is 2.93. The van der Waals surface area contributed by atoms with E-state index in [4.69, 9.17) is 16.3 Å². The molecule has 27 heavy (non-hydrogen) atoms. The highest BCUT2D eigenvalue weighted by molar-refractivity contribution is 6.31. The molecule has 2 aromatic carbocycles. The van der Waals surface area contributed by atoms with Crippen LogP contribution < -0.4 is 10.1 Å². The first-order valence-corrected chi connectivity index (χ1v) is 9.55. The van der Waals surface area contributed by atoms with Crippen molar-refractivity contribution in [2.24, 2.45) is 0 Å². The molecule has 1 amide bonds. The molecule has 0 bridgehead atoms. The number of benzene rings is 2. The molecule has 1 saturated heterocycles. The van der Waals surface area contributed by atoms with E-state index in [1.54, 1.807) is 7.11 Å². The Balaban J connectivity index is 1.46. The monoisotopic (exact) mass is 387 g/mol. The first-order valence-electron chi connectivity index (χ1n) is 9.18. The standard InChI is InChI=1S/C21H26ClN3O2/c1-16-19(22)7-4-8-20(16)23-21(26)15-25-11-9-24(10-12-25)14-17-5-3-6-18(13-17)27-2/h3-8,13H,9-12,14-15H2,1-2H3,(H,23,26). The number of halogens is 1. The second-order valence-electron chi connectivity index (χ2n) is 6.86. The fraction of sp³-hybridized carbons (Fsp3) is 0.381. The predicted octanol–water partition coefficient (Wildman–Crippen LogP) is 3.41. The van der Waals surface area contributed by atoms with Gasteiger partial charge in [-0.25, -0.2) is 0 Å². The lowest BCUT2D eigenvalue weighted by atomic mass is 10.2. The van der Waals surface area contributed by atoms with Crippen LogP contribution in [0, 0.1) is 6.92 Å². The molecule has 0 radical (unpaired) electrons. The van der Waals surface area contributed by atoms with Crippen molar-refractivity contribution >= 4 is 23.2 Å². The van der Waals surface area contributed by atoms with E-state index in [-0.39, 0.29) is 5.91 Å². The van der Waals surface area contributed by atoms with Gasteiger partial charge < -0.3 is 10.1 Å². The Bertz CT molecular complexity index is 789. The Morgan fingerprint density at radius 2 is 1.81 bits per heavy atom. The molecular weight excluding hydrogens is 362 g/mol. The summed E-state index contributed by atoms with van der Waals surface area (Å²) in [4.78, 5) is 17.0. The van der Waals surface area contributed by atoms with E-state index in [1.807, 2.05) is 37.3 Å². The van der Waals surface area contributed by atoms with Crippen molar-refractivity contribution in [2.45, 2.75) is 13.5 Å². The van der Waals surface area contributed by atoms with E-state index >= 15 is 0 Å². The minimum absolute atomic E-state index is 0.00149. The van der Waals surface area contributed by atoms with Gasteiger partial charge >= 0.3 is 0 Å². The number of nitrogens with one attached hydrogen (secondary N) is 1. The summed E-state index contributed by atoms with van der Waals surface area (Å²) in [6, 6.07) is 13.7. The van der Waals surface area contributed by atoms with E-state index in [0.717, 1.165) is 49.7 Å². The average Bonchev–Trinajstić information content (AvgIpc) is 2.67. The third-order valence-electron chi connectivity index (χ3n) is 4.91. The quantitative estimate of drug-likeness (QED) is 0.825. The Hall–Kier alpha value is -2.08. The van der Waals surface area contributed by atoms with Crippen LogP contribution in [-0.2, 0) is 11.3 Å². The van der Waals surface area contributed by atoms with E-state index in [1.165, 1.54) is 5.56 Å². The number of carbonyl (C=O) groups excluding carboxylic acids is 1. The van der Waals surface area contributed by atoms with Gasteiger partial charge in [0.05, 0.1) is 13.7 Å². The van der Waals surface area contributed by atoms with Crippen LogP contribution in [0.2, 0.25) is 5.02 Å². The molecule has 3 rings (SSSR count). The maximum absolute atomic E-state index is 12.4. The van der Waals surface area contributed by atoms with Gasteiger partial charge in [-0.15, -0.1) is 0 Å². The van der Waals surface area contributed by atoms with Gasteiger partial charge in [0.2, 0.25) is 5.91 Å². The summed E-state index contributed by atoms with van der Waals surface area (Å²) in [6.07, 6.45) is 0. The summed E-state index contributed by atoms with van der Waals surface area (Å²) >= 11 is 6.12. The first-order chi connectivity index (χ1) is 13.0. The maximum Gasteiger partial charge on any atom is 0.238 e. The van der Waals surface area contributed by atoms with Gasteiger partial charge in [0.1, 0.15) is 5.75 Å². The van der Waals surface area contributed by atoms with Crippen molar-refractivity contribution in [3.63, 3.8) is 0 Å². The first kappa shape index (κ1) is 19.7.